The van der Waals surface area contributed by atoms with Crippen LogP contribution in [0.15, 0.2) is 12.1 Å². The molecule has 0 radical (unpaired) electrons. The van der Waals surface area contributed by atoms with E-state index >= 15 is 0 Å². The summed E-state index contributed by atoms with van der Waals surface area (Å²) in [7, 11) is 3.37. The summed E-state index contributed by atoms with van der Waals surface area (Å²) in [4.78, 5) is 11.5. The lowest BCUT2D eigenvalue weighted by Gasteiger charge is -2.14. The summed E-state index contributed by atoms with van der Waals surface area (Å²) >= 11 is 0. The number of hydrogen-bond acceptors (Lipinski definition) is 3. The Balaban J connectivity index is 3.33. The number of nitro groups is 1. The van der Waals surface area contributed by atoms with Gasteiger partial charge in [0.1, 0.15) is 0 Å². The van der Waals surface area contributed by atoms with Crippen LogP contribution in [0.4, 0.5) is 15.8 Å². The van der Waals surface area contributed by atoms with Crippen molar-refractivity contribution in [1.29, 1.82) is 0 Å². The second kappa shape index (κ2) is 3.61. The van der Waals surface area contributed by atoms with Crippen LogP contribution in [-0.2, 0) is 0 Å². The highest BCUT2D eigenvalue weighted by molar-refractivity contribution is 5.55. The molecule has 0 heterocycles. The molecule has 0 aromatic heterocycles. The molecule has 76 valence electrons. The first kappa shape index (κ1) is 10.4. The van der Waals surface area contributed by atoms with Crippen molar-refractivity contribution in [2.75, 3.05) is 19.0 Å². The van der Waals surface area contributed by atoms with Crippen LogP contribution >= 0.6 is 0 Å². The molecule has 0 aliphatic carbocycles. The fraction of sp³-hybridized carbons (Fsp3) is 0.333. The average Bonchev–Trinajstić information content (AvgIpc) is 2.08. The standard InChI is InChI=1S/C9H11FN2O2/c1-6-7(12(13)14)4-5-8(9(6)10)11(2)3/h4-5H,1-3H3. The van der Waals surface area contributed by atoms with Gasteiger partial charge in [0.15, 0.2) is 5.82 Å². The Morgan fingerprint density at radius 1 is 1.43 bits per heavy atom. The van der Waals surface area contributed by atoms with Crippen molar-refractivity contribution in [3.63, 3.8) is 0 Å². The van der Waals surface area contributed by atoms with E-state index in [1.54, 1.807) is 19.0 Å². The molecule has 0 spiro atoms. The predicted molar refractivity (Wildman–Crippen MR) is 52.1 cm³/mol. The molecule has 0 unspecified atom stereocenters. The van der Waals surface area contributed by atoms with Gasteiger partial charge in [-0.2, -0.15) is 0 Å². The number of nitrogens with zero attached hydrogens (tertiary/aromatic N) is 2. The molecule has 0 amide bonds. The number of anilines is 1. The minimum atomic E-state index is -0.585. The fourth-order valence-electron chi connectivity index (χ4n) is 1.20. The van der Waals surface area contributed by atoms with Crippen LogP contribution in [0.3, 0.4) is 0 Å². The molecule has 0 aliphatic heterocycles. The van der Waals surface area contributed by atoms with Gasteiger partial charge in [0.25, 0.3) is 5.69 Å². The number of hydrogen-bond donors (Lipinski definition) is 0. The van der Waals surface area contributed by atoms with E-state index in [4.69, 9.17) is 0 Å². The van der Waals surface area contributed by atoms with Crippen molar-refractivity contribution in [2.45, 2.75) is 6.92 Å². The van der Waals surface area contributed by atoms with E-state index in [0.29, 0.717) is 5.69 Å². The normalized spacial score (nSPS) is 10.0. The monoisotopic (exact) mass is 198 g/mol. The van der Waals surface area contributed by atoms with Gasteiger partial charge in [0.2, 0.25) is 0 Å². The van der Waals surface area contributed by atoms with E-state index in [-0.39, 0.29) is 11.3 Å². The molecule has 4 nitrogen and oxygen atoms in total. The van der Waals surface area contributed by atoms with Crippen LogP contribution in [0, 0.1) is 22.9 Å². The van der Waals surface area contributed by atoms with E-state index < -0.39 is 10.7 Å². The molecule has 0 aliphatic rings. The summed E-state index contributed by atoms with van der Waals surface area (Å²) in [5, 5.41) is 10.5. The molecule has 0 saturated heterocycles. The number of nitro benzene ring substituents is 1. The molecule has 1 aromatic rings. The zero-order chi connectivity index (χ0) is 10.9. The van der Waals surface area contributed by atoms with Gasteiger partial charge >= 0.3 is 0 Å². The second-order valence-corrected chi connectivity index (χ2v) is 3.19. The van der Waals surface area contributed by atoms with Crippen molar-refractivity contribution >= 4 is 11.4 Å². The van der Waals surface area contributed by atoms with Gasteiger partial charge < -0.3 is 4.90 Å². The topological polar surface area (TPSA) is 46.4 Å². The summed E-state index contributed by atoms with van der Waals surface area (Å²) in [5.74, 6) is -0.538. The Kier molecular flexibility index (Phi) is 2.69. The average molecular weight is 198 g/mol. The summed E-state index contributed by atoms with van der Waals surface area (Å²) in [5.41, 5.74) is 0.238. The Hall–Kier alpha value is -1.65. The van der Waals surface area contributed by atoms with Gasteiger partial charge in [0.05, 0.1) is 16.2 Å². The van der Waals surface area contributed by atoms with Gasteiger partial charge in [-0.05, 0) is 13.0 Å². The van der Waals surface area contributed by atoms with Crippen molar-refractivity contribution in [1.82, 2.24) is 0 Å². The van der Waals surface area contributed by atoms with Crippen molar-refractivity contribution in [3.8, 4) is 0 Å². The van der Waals surface area contributed by atoms with Crippen LogP contribution in [0.2, 0.25) is 0 Å². The van der Waals surface area contributed by atoms with E-state index in [0.717, 1.165) is 0 Å². The molecule has 5 heteroatoms. The maximum atomic E-state index is 13.5. The fourth-order valence-corrected chi connectivity index (χ4v) is 1.20. The van der Waals surface area contributed by atoms with Crippen molar-refractivity contribution < 1.29 is 9.31 Å². The summed E-state index contributed by atoms with van der Waals surface area (Å²) in [6, 6.07) is 2.72. The van der Waals surface area contributed by atoms with Crippen LogP contribution in [-0.4, -0.2) is 19.0 Å². The Labute approximate surface area is 81.1 Å². The molecule has 0 saturated carbocycles. The smallest absolute Gasteiger partial charge is 0.275 e. The third-order valence-electron chi connectivity index (χ3n) is 2.02. The first-order valence-electron chi connectivity index (χ1n) is 4.06. The molecule has 0 bridgehead atoms. The van der Waals surface area contributed by atoms with E-state index in [2.05, 4.69) is 0 Å². The molecular formula is C9H11FN2O2. The lowest BCUT2D eigenvalue weighted by atomic mass is 10.1. The van der Waals surface area contributed by atoms with Gasteiger partial charge in [-0.1, -0.05) is 0 Å². The van der Waals surface area contributed by atoms with Gasteiger partial charge in [-0.25, -0.2) is 4.39 Å². The molecule has 1 aromatic carbocycles. The zero-order valence-electron chi connectivity index (χ0n) is 8.24. The third-order valence-corrected chi connectivity index (χ3v) is 2.02. The van der Waals surface area contributed by atoms with Gasteiger partial charge in [-0.15, -0.1) is 0 Å². The molecule has 0 atom stereocenters. The molecular weight excluding hydrogens is 187 g/mol. The number of benzene rings is 1. The first-order chi connectivity index (χ1) is 6.45. The lowest BCUT2D eigenvalue weighted by molar-refractivity contribution is -0.385. The second-order valence-electron chi connectivity index (χ2n) is 3.19. The highest BCUT2D eigenvalue weighted by Gasteiger charge is 2.17. The SMILES string of the molecule is Cc1c([N+](=O)[O-])ccc(N(C)C)c1F. The Morgan fingerprint density at radius 3 is 2.43 bits per heavy atom. The number of rotatable bonds is 2. The van der Waals surface area contributed by atoms with E-state index in [1.165, 1.54) is 19.1 Å². The summed E-state index contributed by atoms with van der Waals surface area (Å²) in [6.45, 7) is 1.40. The third kappa shape index (κ3) is 1.66. The first-order valence-corrected chi connectivity index (χ1v) is 4.06. The van der Waals surface area contributed by atoms with Crippen LogP contribution in [0.1, 0.15) is 5.56 Å². The quantitative estimate of drug-likeness (QED) is 0.540. The van der Waals surface area contributed by atoms with Crippen molar-refractivity contribution in [2.24, 2.45) is 0 Å². The summed E-state index contributed by atoms with van der Waals surface area (Å²) < 4.78 is 13.5. The van der Waals surface area contributed by atoms with Crippen molar-refractivity contribution in [3.05, 3.63) is 33.6 Å². The highest BCUT2D eigenvalue weighted by Crippen LogP contribution is 2.27. The highest BCUT2D eigenvalue weighted by atomic mass is 19.1. The minimum absolute atomic E-state index is 0.0706. The van der Waals surface area contributed by atoms with Crippen LogP contribution in [0.25, 0.3) is 0 Å². The largest absolute Gasteiger partial charge is 0.375 e. The zero-order valence-corrected chi connectivity index (χ0v) is 8.24. The predicted octanol–water partition coefficient (Wildman–Crippen LogP) is 2.11. The minimum Gasteiger partial charge on any atom is -0.375 e. The molecule has 1 rings (SSSR count). The molecule has 0 fully saturated rings. The number of halogens is 1. The maximum absolute atomic E-state index is 13.5. The van der Waals surface area contributed by atoms with Crippen LogP contribution in [0.5, 0.6) is 0 Å². The maximum Gasteiger partial charge on any atom is 0.275 e. The Bertz CT molecular complexity index is 377. The molecule has 14 heavy (non-hydrogen) atoms. The summed E-state index contributed by atoms with van der Waals surface area (Å²) in [6.07, 6.45) is 0. The molecule has 0 N–H and O–H groups in total. The van der Waals surface area contributed by atoms with E-state index in [9.17, 15) is 14.5 Å². The Morgan fingerprint density at radius 2 is 2.00 bits per heavy atom. The van der Waals surface area contributed by atoms with Gasteiger partial charge in [-0.3, -0.25) is 10.1 Å². The lowest BCUT2D eigenvalue weighted by Crippen LogP contribution is -2.11. The van der Waals surface area contributed by atoms with E-state index in [1.807, 2.05) is 0 Å². The van der Waals surface area contributed by atoms with Crippen LogP contribution < -0.4 is 4.90 Å². The van der Waals surface area contributed by atoms with Gasteiger partial charge in [0, 0.05) is 20.2 Å².